The van der Waals surface area contributed by atoms with Crippen LogP contribution < -0.4 is 9.47 Å². The summed E-state index contributed by atoms with van der Waals surface area (Å²) in [5, 5.41) is 0. The maximum atomic E-state index is 12.9. The molecule has 182 valence electrons. The van der Waals surface area contributed by atoms with E-state index in [1.54, 1.807) is 45.2 Å². The van der Waals surface area contributed by atoms with Crippen molar-refractivity contribution in [2.24, 2.45) is 23.7 Å². The predicted molar refractivity (Wildman–Crippen MR) is 164 cm³/mol. The van der Waals surface area contributed by atoms with Crippen molar-refractivity contribution in [2.75, 3.05) is 0 Å². The van der Waals surface area contributed by atoms with Gasteiger partial charge in [0.1, 0.15) is 15.9 Å². The summed E-state index contributed by atoms with van der Waals surface area (Å²) >= 11 is 10.0. The maximum absolute atomic E-state index is 12.9. The van der Waals surface area contributed by atoms with Crippen molar-refractivity contribution in [1.82, 2.24) is 0 Å². The molecule has 0 N–H and O–H groups in total. The Labute approximate surface area is 264 Å². The van der Waals surface area contributed by atoms with Gasteiger partial charge in [-0.3, -0.25) is 9.59 Å². The van der Waals surface area contributed by atoms with E-state index in [4.69, 9.17) is 9.47 Å². The van der Waals surface area contributed by atoms with E-state index in [0.29, 0.717) is 18.6 Å². The Kier molecular flexibility index (Phi) is 9.02. The second-order valence-corrected chi connectivity index (χ2v) is 15.4. The Morgan fingerprint density at radius 1 is 0.765 bits per heavy atom. The minimum absolute atomic E-state index is 0.0318. The lowest BCUT2D eigenvalue weighted by atomic mass is 9.82. The zero-order valence-corrected chi connectivity index (χ0v) is 28.5. The molecule has 0 aromatic heterocycles. The summed E-state index contributed by atoms with van der Waals surface area (Å²) in [6.07, 6.45) is 1.89. The summed E-state index contributed by atoms with van der Waals surface area (Å²) in [7, 11) is -4.63. The molecule has 4 atom stereocenters. The monoisotopic (exact) mass is 1040 g/mol. The number of hydrogen-bond donors (Lipinski definition) is 0. The van der Waals surface area contributed by atoms with Crippen LogP contribution in [0.3, 0.4) is 0 Å². The van der Waals surface area contributed by atoms with Crippen LogP contribution in [0.15, 0.2) is 29.2 Å². The van der Waals surface area contributed by atoms with Crippen LogP contribution in [0.1, 0.15) is 19.3 Å². The smallest absolute Gasteiger partial charge is 0.314 e. The average Bonchev–Trinajstić information content (AvgIpc) is 3.30. The zero-order chi connectivity index (χ0) is 24.9. The van der Waals surface area contributed by atoms with Gasteiger partial charge in [0.2, 0.25) is 0 Å². The van der Waals surface area contributed by atoms with Crippen molar-refractivity contribution >= 4 is 135 Å². The van der Waals surface area contributed by atoms with Gasteiger partial charge in [0, 0.05) is 10.7 Å². The van der Waals surface area contributed by atoms with Gasteiger partial charge >= 0.3 is 11.9 Å². The molecule has 2 saturated carbocycles. The Morgan fingerprint density at radius 3 is 1.68 bits per heavy atom. The quantitative estimate of drug-likeness (QED) is 0.162. The highest BCUT2D eigenvalue weighted by Gasteiger charge is 2.52. The number of esters is 2. The van der Waals surface area contributed by atoms with Crippen LogP contribution >= 0.6 is 113 Å². The number of ether oxygens (including phenoxy) is 2. The molecule has 4 rings (SSSR count). The molecule has 13 heteroatoms. The van der Waals surface area contributed by atoms with Crippen molar-refractivity contribution in [2.45, 2.75) is 24.2 Å². The third-order valence-corrected chi connectivity index (χ3v) is 11.7. The third-order valence-electron chi connectivity index (χ3n) is 6.07. The highest BCUT2D eigenvalue weighted by Crippen LogP contribution is 2.52. The largest absolute Gasteiger partial charge is 0.744 e. The van der Waals surface area contributed by atoms with Gasteiger partial charge in [0.05, 0.1) is 23.9 Å². The molecular weight excluding hydrogens is 1030 g/mol. The highest BCUT2D eigenvalue weighted by atomic mass is 127. The Bertz CT molecular complexity index is 1250. The summed E-state index contributed by atoms with van der Waals surface area (Å²) in [6.45, 7) is 0. The minimum Gasteiger partial charge on any atom is -0.744 e. The van der Waals surface area contributed by atoms with Crippen LogP contribution in [-0.4, -0.2) is 24.9 Å². The molecule has 2 aromatic carbocycles. The lowest BCUT2D eigenvalue weighted by molar-refractivity contribution is -0.145. The van der Waals surface area contributed by atoms with Crippen LogP contribution in [0.5, 0.6) is 11.5 Å². The van der Waals surface area contributed by atoms with Gasteiger partial charge in [-0.05, 0) is 168 Å². The van der Waals surface area contributed by atoms with E-state index < -0.39 is 16.1 Å². The average molecular weight is 1040 g/mol. The van der Waals surface area contributed by atoms with Gasteiger partial charge < -0.3 is 14.0 Å². The lowest BCUT2D eigenvalue weighted by Crippen LogP contribution is -2.32. The van der Waals surface area contributed by atoms with E-state index >= 15 is 0 Å². The molecule has 2 bridgehead atoms. The summed E-state index contributed by atoms with van der Waals surface area (Å²) in [6, 6.07) is 6.67. The van der Waals surface area contributed by atoms with Crippen molar-refractivity contribution < 1.29 is 32.0 Å². The topological polar surface area (TPSA) is 110 Å². The van der Waals surface area contributed by atoms with E-state index in [9.17, 15) is 22.6 Å². The fourth-order valence-corrected chi connectivity index (χ4v) is 12.4. The fourth-order valence-electron chi connectivity index (χ4n) is 4.68. The number of fused-ring (bicyclic) bond motifs is 2. The van der Waals surface area contributed by atoms with Gasteiger partial charge in [-0.2, -0.15) is 0 Å². The number of halogens is 5. The molecule has 34 heavy (non-hydrogen) atoms. The fraction of sp³-hybridized carbons (Fsp3) is 0.333. The molecule has 2 aromatic rings. The standard InChI is InChI=1S/C21H15I5O7S/c22-10-4-14(23)18(15(24)5-10)33-21(28)13-3-8-1-9(13)2-12(8)20(27)32-11-6-16(25)19(17(26)7-11)34(29,30)31/h4-9,12-13H,1-3H2,(H,29,30,31)/p-1. The first-order valence-corrected chi connectivity index (χ1v) is 16.7. The summed E-state index contributed by atoms with van der Waals surface area (Å²) in [4.78, 5) is 25.5. The van der Waals surface area contributed by atoms with E-state index in [-0.39, 0.29) is 47.4 Å². The third kappa shape index (κ3) is 5.98. The molecule has 0 aliphatic heterocycles. The molecule has 0 amide bonds. The van der Waals surface area contributed by atoms with Crippen LogP contribution in [0, 0.1) is 41.5 Å². The van der Waals surface area contributed by atoms with Gasteiger partial charge in [0.15, 0.2) is 5.75 Å². The summed E-state index contributed by atoms with van der Waals surface area (Å²) in [5.74, 6) is -0.354. The normalized spacial score (nSPS) is 23.7. The van der Waals surface area contributed by atoms with Crippen LogP contribution in [0.25, 0.3) is 0 Å². The number of carbonyl (C=O) groups excluding carboxylic acids is 2. The molecule has 0 saturated heterocycles. The highest BCUT2D eigenvalue weighted by molar-refractivity contribution is 14.1. The van der Waals surface area contributed by atoms with E-state index in [1.807, 2.05) is 12.1 Å². The number of rotatable bonds is 5. The second-order valence-electron chi connectivity index (χ2n) is 8.15. The molecule has 2 aliphatic rings. The molecule has 2 fully saturated rings. The summed E-state index contributed by atoms with van der Waals surface area (Å²) < 4.78 is 48.9. The SMILES string of the molecule is O=C(Oc1cc(I)c(S(=O)(=O)[O-])c(I)c1)C1CC2CC1CC2C(=O)Oc1c(I)cc(I)cc1I. The molecule has 0 heterocycles. The van der Waals surface area contributed by atoms with Crippen LogP contribution in [-0.2, 0) is 19.7 Å². The molecular formula is C21H14I5O7S-. The number of benzene rings is 2. The Morgan fingerprint density at radius 2 is 1.24 bits per heavy atom. The summed E-state index contributed by atoms with van der Waals surface area (Å²) in [5.41, 5.74) is 0. The predicted octanol–water partition coefficient (Wildman–Crippen LogP) is 5.79. The minimum atomic E-state index is -4.63. The van der Waals surface area contributed by atoms with E-state index in [2.05, 4.69) is 67.8 Å². The van der Waals surface area contributed by atoms with E-state index in [1.165, 1.54) is 12.1 Å². The van der Waals surface area contributed by atoms with Crippen molar-refractivity contribution in [1.29, 1.82) is 0 Å². The Hall–Kier alpha value is 0.940. The molecule has 4 unspecified atom stereocenters. The van der Waals surface area contributed by atoms with Gasteiger partial charge in [-0.15, -0.1) is 0 Å². The molecule has 7 nitrogen and oxygen atoms in total. The van der Waals surface area contributed by atoms with Crippen LogP contribution in [0.4, 0.5) is 0 Å². The zero-order valence-electron chi connectivity index (χ0n) is 16.9. The second kappa shape index (κ2) is 11.0. The number of hydrogen-bond acceptors (Lipinski definition) is 7. The van der Waals surface area contributed by atoms with Crippen molar-refractivity contribution in [3.8, 4) is 11.5 Å². The molecule has 0 spiro atoms. The lowest BCUT2D eigenvalue weighted by Gasteiger charge is -2.25. The van der Waals surface area contributed by atoms with Gasteiger partial charge in [-0.25, -0.2) is 8.42 Å². The van der Waals surface area contributed by atoms with E-state index in [0.717, 1.165) is 17.1 Å². The first-order chi connectivity index (χ1) is 15.8. The Balaban J connectivity index is 1.41. The van der Waals surface area contributed by atoms with Gasteiger partial charge in [0.25, 0.3) is 0 Å². The number of carbonyl (C=O) groups is 2. The first-order valence-electron chi connectivity index (χ1n) is 9.88. The molecule has 0 radical (unpaired) electrons. The van der Waals surface area contributed by atoms with Crippen LogP contribution in [0.2, 0.25) is 0 Å². The maximum Gasteiger partial charge on any atom is 0.314 e. The molecule has 2 aliphatic carbocycles. The van der Waals surface area contributed by atoms with Gasteiger partial charge in [-0.1, -0.05) is 0 Å². The first kappa shape index (κ1) is 28.0. The van der Waals surface area contributed by atoms with Crippen molar-refractivity contribution in [3.63, 3.8) is 0 Å². The van der Waals surface area contributed by atoms with Crippen molar-refractivity contribution in [3.05, 3.63) is 42.1 Å².